The molecule has 0 radical (unpaired) electrons. The summed E-state index contributed by atoms with van der Waals surface area (Å²) in [5.74, 6) is -2.53. The van der Waals surface area contributed by atoms with E-state index < -0.39 is 30.0 Å². The average Bonchev–Trinajstić information content (AvgIpc) is 3.66. The molecule has 3 fully saturated rings. The molecule has 4 heterocycles. The van der Waals surface area contributed by atoms with Gasteiger partial charge in [-0.05, 0) is 67.3 Å². The van der Waals surface area contributed by atoms with Crippen LogP contribution in [0.2, 0.25) is 0 Å². The van der Waals surface area contributed by atoms with Gasteiger partial charge < -0.3 is 9.30 Å². The first-order chi connectivity index (χ1) is 20.6. The van der Waals surface area contributed by atoms with E-state index in [9.17, 15) is 13.6 Å². The summed E-state index contributed by atoms with van der Waals surface area (Å²) in [5, 5.41) is 9.16. The number of nitrogens with zero attached hydrogens (tertiary/aromatic N) is 6. The van der Waals surface area contributed by atoms with Gasteiger partial charge in [0.25, 0.3) is 11.8 Å². The van der Waals surface area contributed by atoms with Gasteiger partial charge in [-0.2, -0.15) is 0 Å². The Bertz CT molecular complexity index is 1790. The van der Waals surface area contributed by atoms with E-state index in [4.69, 9.17) is 9.72 Å². The maximum atomic E-state index is 15.3. The van der Waals surface area contributed by atoms with Crippen molar-refractivity contribution < 1.29 is 22.7 Å². The minimum absolute atomic E-state index is 0.101. The number of alkyl halides is 2. The highest BCUT2D eigenvalue weighted by Crippen LogP contribution is 2.58. The number of ether oxygens (including phenoxy) is 1. The zero-order valence-electron chi connectivity index (χ0n) is 24.0. The lowest BCUT2D eigenvalue weighted by atomic mass is 9.61. The molecule has 4 aliphatic rings. The normalized spacial score (nSPS) is 22.8. The molecular formula is C32H31F3N6O2. The van der Waals surface area contributed by atoms with E-state index in [0.717, 1.165) is 37.2 Å². The Morgan fingerprint density at radius 2 is 1.93 bits per heavy atom. The molecule has 1 amide bonds. The highest BCUT2D eigenvalue weighted by atomic mass is 19.3. The van der Waals surface area contributed by atoms with Gasteiger partial charge in [0.2, 0.25) is 0 Å². The van der Waals surface area contributed by atoms with Crippen molar-refractivity contribution in [3.63, 3.8) is 0 Å². The van der Waals surface area contributed by atoms with Gasteiger partial charge in [-0.3, -0.25) is 14.6 Å². The fraction of sp³-hybridized carbons (Fsp3) is 0.438. The Morgan fingerprint density at radius 3 is 2.63 bits per heavy atom. The van der Waals surface area contributed by atoms with Crippen LogP contribution in [0.25, 0.3) is 10.8 Å². The van der Waals surface area contributed by atoms with E-state index in [-0.39, 0.29) is 17.9 Å². The van der Waals surface area contributed by atoms with Crippen LogP contribution in [0, 0.1) is 5.82 Å². The van der Waals surface area contributed by atoms with E-state index >= 15 is 4.39 Å². The van der Waals surface area contributed by atoms with Crippen LogP contribution in [0.3, 0.4) is 0 Å². The molecule has 2 aromatic heterocycles. The SMILES string of the molecule is C[C@@H]1CN(Cc2cc3c4c(ccc(F)c4c2)N(c2cc(C4(c5nncn5C)CC(F)(F)C4)cc(C4CC4)n2)C3=O)CCO1. The van der Waals surface area contributed by atoms with Gasteiger partial charge in [-0.25, -0.2) is 18.2 Å². The molecule has 1 saturated heterocycles. The molecule has 0 unspecified atom stereocenters. The van der Waals surface area contributed by atoms with E-state index in [1.54, 1.807) is 23.7 Å². The Labute approximate surface area is 246 Å². The lowest BCUT2D eigenvalue weighted by Crippen LogP contribution is -2.51. The quantitative estimate of drug-likeness (QED) is 0.292. The second kappa shape index (κ2) is 9.33. The third kappa shape index (κ3) is 4.27. The van der Waals surface area contributed by atoms with Crippen LogP contribution >= 0.6 is 0 Å². The van der Waals surface area contributed by atoms with Gasteiger partial charge in [0, 0.05) is 61.9 Å². The molecule has 43 heavy (non-hydrogen) atoms. The number of pyridine rings is 1. The van der Waals surface area contributed by atoms with Gasteiger partial charge in [-0.1, -0.05) is 0 Å². The second-order valence-corrected chi connectivity index (χ2v) is 12.7. The molecule has 222 valence electrons. The van der Waals surface area contributed by atoms with Gasteiger partial charge in [0.05, 0.1) is 29.4 Å². The molecule has 8 nitrogen and oxygen atoms in total. The third-order valence-electron chi connectivity index (χ3n) is 9.37. The third-order valence-corrected chi connectivity index (χ3v) is 9.37. The van der Waals surface area contributed by atoms with Gasteiger partial charge in [-0.15, -0.1) is 10.2 Å². The predicted molar refractivity (Wildman–Crippen MR) is 153 cm³/mol. The molecule has 11 heteroatoms. The first-order valence-corrected chi connectivity index (χ1v) is 14.8. The van der Waals surface area contributed by atoms with Crippen LogP contribution in [-0.2, 0) is 23.7 Å². The summed E-state index contributed by atoms with van der Waals surface area (Å²) >= 11 is 0. The van der Waals surface area contributed by atoms with E-state index in [0.29, 0.717) is 52.4 Å². The van der Waals surface area contributed by atoms with Crippen molar-refractivity contribution in [1.82, 2.24) is 24.6 Å². The maximum Gasteiger partial charge on any atom is 0.264 e. The van der Waals surface area contributed by atoms with Crippen LogP contribution in [0.15, 0.2) is 42.7 Å². The molecule has 2 aliphatic heterocycles. The molecule has 2 saturated carbocycles. The van der Waals surface area contributed by atoms with Crippen molar-refractivity contribution in [3.05, 3.63) is 76.8 Å². The monoisotopic (exact) mass is 588 g/mol. The standard InChI is InChI=1S/C32H31F3N6O2/c1-18-13-40(7-8-43-18)14-19-9-22-24(33)5-6-26-28(22)23(10-19)29(42)41(26)27-12-21(11-25(37-27)20-3-4-20)31(15-32(34,35)16-31)30-38-36-17-39(30)2/h5-6,9-12,17-18,20H,3-4,7-8,13-16H2,1-2H3/t18-/m1/s1. The van der Waals surface area contributed by atoms with Crippen molar-refractivity contribution >= 4 is 28.2 Å². The fourth-order valence-corrected chi connectivity index (χ4v) is 7.24. The number of anilines is 2. The number of carbonyl (C=O) groups is 1. The van der Waals surface area contributed by atoms with Crippen LogP contribution < -0.4 is 4.90 Å². The molecule has 4 aromatic rings. The Hall–Kier alpha value is -3.83. The Balaban J connectivity index is 1.24. The first-order valence-electron chi connectivity index (χ1n) is 14.8. The van der Waals surface area contributed by atoms with Crippen molar-refractivity contribution in [1.29, 1.82) is 0 Å². The number of aryl methyl sites for hydroxylation is 1. The van der Waals surface area contributed by atoms with Crippen molar-refractivity contribution in [2.24, 2.45) is 7.05 Å². The predicted octanol–water partition coefficient (Wildman–Crippen LogP) is 5.61. The lowest BCUT2D eigenvalue weighted by molar-refractivity contribution is -0.116. The summed E-state index contributed by atoms with van der Waals surface area (Å²) in [6.07, 6.45) is 2.70. The number of morpholine rings is 1. The molecule has 0 spiro atoms. The summed E-state index contributed by atoms with van der Waals surface area (Å²) in [7, 11) is 1.75. The minimum Gasteiger partial charge on any atom is -0.376 e. The number of halogens is 3. The molecule has 1 atom stereocenters. The topological polar surface area (TPSA) is 76.4 Å². The Morgan fingerprint density at radius 1 is 1.12 bits per heavy atom. The fourth-order valence-electron chi connectivity index (χ4n) is 7.24. The summed E-state index contributed by atoms with van der Waals surface area (Å²) in [6, 6.07) is 10.3. The summed E-state index contributed by atoms with van der Waals surface area (Å²) < 4.78 is 51.8. The van der Waals surface area contributed by atoms with Crippen LogP contribution in [0.1, 0.15) is 71.5 Å². The zero-order chi connectivity index (χ0) is 29.7. The number of aromatic nitrogens is 4. The molecule has 2 aromatic carbocycles. The minimum atomic E-state index is -2.84. The number of amides is 1. The number of benzene rings is 2. The van der Waals surface area contributed by atoms with E-state index in [1.165, 1.54) is 17.3 Å². The smallest absolute Gasteiger partial charge is 0.264 e. The van der Waals surface area contributed by atoms with E-state index in [1.807, 2.05) is 25.1 Å². The number of rotatable bonds is 6. The van der Waals surface area contributed by atoms with Crippen LogP contribution in [-0.4, -0.2) is 62.3 Å². The number of hydrogen-bond acceptors (Lipinski definition) is 6. The summed E-state index contributed by atoms with van der Waals surface area (Å²) in [4.78, 5) is 22.9. The lowest BCUT2D eigenvalue weighted by Gasteiger charge is -2.47. The molecule has 8 rings (SSSR count). The summed E-state index contributed by atoms with van der Waals surface area (Å²) in [6.45, 7) is 4.73. The van der Waals surface area contributed by atoms with Crippen molar-refractivity contribution in [3.8, 4) is 0 Å². The van der Waals surface area contributed by atoms with Crippen molar-refractivity contribution in [2.45, 2.75) is 62.5 Å². The van der Waals surface area contributed by atoms with E-state index in [2.05, 4.69) is 15.1 Å². The highest BCUT2D eigenvalue weighted by molar-refractivity contribution is 6.27. The second-order valence-electron chi connectivity index (χ2n) is 12.7. The number of carbonyl (C=O) groups excluding carboxylic acids is 1. The van der Waals surface area contributed by atoms with Crippen LogP contribution in [0.4, 0.5) is 24.7 Å². The van der Waals surface area contributed by atoms with Gasteiger partial charge in [0.15, 0.2) is 0 Å². The molecule has 2 aliphatic carbocycles. The first kappa shape index (κ1) is 26.8. The molecule has 0 N–H and O–H groups in total. The molecular weight excluding hydrogens is 557 g/mol. The van der Waals surface area contributed by atoms with Crippen molar-refractivity contribution in [2.75, 3.05) is 24.6 Å². The van der Waals surface area contributed by atoms with Crippen LogP contribution in [0.5, 0.6) is 0 Å². The highest BCUT2D eigenvalue weighted by Gasteiger charge is 2.61. The summed E-state index contributed by atoms with van der Waals surface area (Å²) in [5.41, 5.74) is 2.16. The molecule has 0 bridgehead atoms. The van der Waals surface area contributed by atoms with Gasteiger partial charge >= 0.3 is 0 Å². The maximum absolute atomic E-state index is 15.3. The zero-order valence-corrected chi connectivity index (χ0v) is 24.0. The number of hydrogen-bond donors (Lipinski definition) is 0. The largest absolute Gasteiger partial charge is 0.376 e. The Kier molecular flexibility index (Phi) is 5.81. The average molecular weight is 589 g/mol. The van der Waals surface area contributed by atoms with Gasteiger partial charge in [0.1, 0.15) is 23.8 Å².